The van der Waals surface area contributed by atoms with Gasteiger partial charge in [-0.3, -0.25) is 4.79 Å². The van der Waals surface area contributed by atoms with Crippen LogP contribution in [-0.2, 0) is 4.79 Å². The second kappa shape index (κ2) is 4.72. The predicted octanol–water partition coefficient (Wildman–Crippen LogP) is 2.44. The second-order valence-corrected chi connectivity index (χ2v) is 3.37. The van der Waals surface area contributed by atoms with Gasteiger partial charge in [-0.1, -0.05) is 0 Å². The van der Waals surface area contributed by atoms with Crippen LogP contribution in [0.1, 0.15) is 6.42 Å². The lowest BCUT2D eigenvalue weighted by Gasteiger charge is -2.03. The summed E-state index contributed by atoms with van der Waals surface area (Å²) in [5, 5.41) is 10.7. The third-order valence-corrected chi connectivity index (χ3v) is 2.05. The van der Waals surface area contributed by atoms with Gasteiger partial charge in [0.1, 0.15) is 12.2 Å². The number of amides is 1. The van der Waals surface area contributed by atoms with E-state index in [2.05, 4.69) is 21.2 Å². The fourth-order valence-corrected chi connectivity index (χ4v) is 1.23. The van der Waals surface area contributed by atoms with E-state index in [9.17, 15) is 9.18 Å². The van der Waals surface area contributed by atoms with Crippen LogP contribution in [0.5, 0.6) is 0 Å². The number of hydrogen-bond acceptors (Lipinski definition) is 2. The van der Waals surface area contributed by atoms with Crippen molar-refractivity contribution in [3.8, 4) is 6.07 Å². The highest BCUT2D eigenvalue weighted by Gasteiger charge is 2.03. The highest BCUT2D eigenvalue weighted by molar-refractivity contribution is 9.10. The van der Waals surface area contributed by atoms with Crippen LogP contribution in [0.3, 0.4) is 0 Å². The maximum atomic E-state index is 12.8. The van der Waals surface area contributed by atoms with Crippen LogP contribution in [0.4, 0.5) is 10.1 Å². The molecule has 5 heteroatoms. The predicted molar refractivity (Wildman–Crippen MR) is 53.0 cm³/mol. The Morgan fingerprint density at radius 1 is 1.64 bits per heavy atom. The fraction of sp³-hybridized carbons (Fsp3) is 0.111. The van der Waals surface area contributed by atoms with Crippen LogP contribution < -0.4 is 5.32 Å². The van der Waals surface area contributed by atoms with E-state index in [0.29, 0.717) is 5.69 Å². The van der Waals surface area contributed by atoms with E-state index in [0.717, 1.165) is 0 Å². The van der Waals surface area contributed by atoms with Gasteiger partial charge in [-0.15, -0.1) is 0 Å². The van der Waals surface area contributed by atoms with Crippen molar-refractivity contribution in [2.45, 2.75) is 6.42 Å². The van der Waals surface area contributed by atoms with Gasteiger partial charge in [0.2, 0.25) is 5.91 Å². The molecule has 0 aliphatic heterocycles. The molecule has 0 heterocycles. The molecule has 0 bridgehead atoms. The minimum atomic E-state index is -0.411. The third kappa shape index (κ3) is 2.82. The van der Waals surface area contributed by atoms with E-state index in [1.807, 2.05) is 0 Å². The normalized spacial score (nSPS) is 9.21. The topological polar surface area (TPSA) is 52.9 Å². The van der Waals surface area contributed by atoms with E-state index in [-0.39, 0.29) is 10.9 Å². The van der Waals surface area contributed by atoms with Crippen molar-refractivity contribution in [3.05, 3.63) is 28.5 Å². The summed E-state index contributed by atoms with van der Waals surface area (Å²) in [6.45, 7) is 0. The molecule has 0 aliphatic rings. The number of hydrogen-bond donors (Lipinski definition) is 1. The molecule has 0 fully saturated rings. The zero-order valence-corrected chi connectivity index (χ0v) is 8.64. The summed E-state index contributed by atoms with van der Waals surface area (Å²) in [6, 6.07) is 5.81. The molecule has 0 unspecified atom stereocenters. The first-order valence-corrected chi connectivity index (χ1v) is 4.54. The Kier molecular flexibility index (Phi) is 3.60. The van der Waals surface area contributed by atoms with Crippen molar-refractivity contribution < 1.29 is 9.18 Å². The molecule has 14 heavy (non-hydrogen) atoms. The molecule has 72 valence electrons. The van der Waals surface area contributed by atoms with Gasteiger partial charge >= 0.3 is 0 Å². The van der Waals surface area contributed by atoms with Gasteiger partial charge in [0.25, 0.3) is 0 Å². The van der Waals surface area contributed by atoms with Crippen LogP contribution in [0.2, 0.25) is 0 Å². The maximum absolute atomic E-state index is 12.8. The van der Waals surface area contributed by atoms with Crippen LogP contribution >= 0.6 is 15.9 Å². The molecule has 0 aromatic heterocycles. The smallest absolute Gasteiger partial charge is 0.238 e. The Hall–Kier alpha value is -1.41. The average Bonchev–Trinajstić information content (AvgIpc) is 2.12. The lowest BCUT2D eigenvalue weighted by Crippen LogP contribution is -2.09. The van der Waals surface area contributed by atoms with Gasteiger partial charge < -0.3 is 5.32 Å². The molecule has 0 saturated carbocycles. The minimum absolute atomic E-state index is 0.213. The number of carbonyl (C=O) groups is 1. The molecule has 1 rings (SSSR count). The molecule has 0 atom stereocenters. The molecule has 1 aromatic rings. The summed E-state index contributed by atoms with van der Waals surface area (Å²) in [5.41, 5.74) is 0.457. The molecule has 0 aliphatic carbocycles. The molecule has 1 amide bonds. The Bertz CT molecular complexity index is 400. The Morgan fingerprint density at radius 2 is 2.36 bits per heavy atom. The molecule has 1 aromatic carbocycles. The Labute approximate surface area is 88.7 Å². The molecule has 0 saturated heterocycles. The molecular formula is C9H6BrFN2O. The van der Waals surface area contributed by atoms with Crippen molar-refractivity contribution in [2.24, 2.45) is 0 Å². The van der Waals surface area contributed by atoms with Gasteiger partial charge in [-0.05, 0) is 34.1 Å². The van der Waals surface area contributed by atoms with Gasteiger partial charge in [0.05, 0.1) is 10.5 Å². The fourth-order valence-electron chi connectivity index (χ4n) is 0.851. The van der Waals surface area contributed by atoms with Crippen molar-refractivity contribution in [2.75, 3.05) is 5.32 Å². The third-order valence-electron chi connectivity index (χ3n) is 1.44. The first kappa shape index (κ1) is 10.7. The SMILES string of the molecule is N#CCC(=O)Nc1ccc(F)c(Br)c1. The van der Waals surface area contributed by atoms with Crippen molar-refractivity contribution in [1.82, 2.24) is 0 Å². The Balaban J connectivity index is 2.74. The number of rotatable bonds is 2. The lowest BCUT2D eigenvalue weighted by molar-refractivity contribution is -0.115. The van der Waals surface area contributed by atoms with E-state index < -0.39 is 11.7 Å². The second-order valence-electron chi connectivity index (χ2n) is 2.51. The molecule has 0 radical (unpaired) electrons. The van der Waals surface area contributed by atoms with Crippen molar-refractivity contribution in [3.63, 3.8) is 0 Å². The quantitative estimate of drug-likeness (QED) is 0.884. The van der Waals surface area contributed by atoms with E-state index >= 15 is 0 Å². The number of benzene rings is 1. The monoisotopic (exact) mass is 256 g/mol. The van der Waals surface area contributed by atoms with Crippen molar-refractivity contribution in [1.29, 1.82) is 5.26 Å². The lowest BCUT2D eigenvalue weighted by atomic mass is 10.3. The first-order valence-electron chi connectivity index (χ1n) is 3.75. The summed E-state index contributed by atoms with van der Waals surface area (Å²) in [7, 11) is 0. The first-order chi connectivity index (χ1) is 6.63. The number of nitrogens with one attached hydrogen (secondary N) is 1. The average molecular weight is 257 g/mol. The largest absolute Gasteiger partial charge is 0.325 e. The molecular weight excluding hydrogens is 251 g/mol. The number of carbonyl (C=O) groups excluding carboxylic acids is 1. The van der Waals surface area contributed by atoms with Crippen molar-refractivity contribution >= 4 is 27.5 Å². The zero-order valence-electron chi connectivity index (χ0n) is 7.05. The van der Waals surface area contributed by atoms with Crippen LogP contribution in [0.15, 0.2) is 22.7 Å². The van der Waals surface area contributed by atoms with E-state index in [1.165, 1.54) is 18.2 Å². The Morgan fingerprint density at radius 3 is 2.93 bits per heavy atom. The molecule has 0 spiro atoms. The van der Waals surface area contributed by atoms with Gasteiger partial charge in [0.15, 0.2) is 0 Å². The van der Waals surface area contributed by atoms with E-state index in [1.54, 1.807) is 6.07 Å². The number of nitriles is 1. The maximum Gasteiger partial charge on any atom is 0.238 e. The standard InChI is InChI=1S/C9H6BrFN2O/c10-7-5-6(1-2-8(7)11)13-9(14)3-4-12/h1-2,5H,3H2,(H,13,14). The summed E-state index contributed by atoms with van der Waals surface area (Å²) in [4.78, 5) is 11.0. The zero-order chi connectivity index (χ0) is 10.6. The van der Waals surface area contributed by atoms with Gasteiger partial charge in [-0.2, -0.15) is 5.26 Å². The van der Waals surface area contributed by atoms with Crippen LogP contribution in [-0.4, -0.2) is 5.91 Å². The van der Waals surface area contributed by atoms with Gasteiger partial charge in [0, 0.05) is 5.69 Å². The van der Waals surface area contributed by atoms with Crippen LogP contribution in [0, 0.1) is 17.1 Å². The van der Waals surface area contributed by atoms with Gasteiger partial charge in [-0.25, -0.2) is 4.39 Å². The van der Waals surface area contributed by atoms with Crippen LogP contribution in [0.25, 0.3) is 0 Å². The molecule has 3 nitrogen and oxygen atoms in total. The summed E-state index contributed by atoms with van der Waals surface area (Å²) >= 11 is 2.98. The summed E-state index contributed by atoms with van der Waals surface area (Å²) in [6.07, 6.45) is -0.213. The number of nitrogens with zero attached hydrogens (tertiary/aromatic N) is 1. The number of halogens is 2. The van der Waals surface area contributed by atoms with E-state index in [4.69, 9.17) is 5.26 Å². The summed E-state index contributed by atoms with van der Waals surface area (Å²) in [5.74, 6) is -0.811. The summed E-state index contributed by atoms with van der Waals surface area (Å²) < 4.78 is 13.0. The number of anilines is 1. The highest BCUT2D eigenvalue weighted by atomic mass is 79.9. The molecule has 1 N–H and O–H groups in total. The highest BCUT2D eigenvalue weighted by Crippen LogP contribution is 2.19. The minimum Gasteiger partial charge on any atom is -0.325 e.